The van der Waals surface area contributed by atoms with E-state index in [9.17, 15) is 48.3 Å². The maximum absolute atomic E-state index is 14.0. The van der Waals surface area contributed by atoms with Gasteiger partial charge in [0.25, 0.3) is 0 Å². The van der Waals surface area contributed by atoms with E-state index in [2.05, 4.69) is 19.2 Å². The van der Waals surface area contributed by atoms with Gasteiger partial charge in [0.2, 0.25) is 23.6 Å². The Bertz CT molecular complexity index is 2390. The maximum Gasteiger partial charge on any atom is 0.410 e. The molecule has 2 N–H and O–H groups in total. The molecule has 2 aromatic rings. The monoisotopic (exact) mass is 1160 g/mol. The lowest BCUT2D eigenvalue weighted by molar-refractivity contribution is -0.149. The number of methoxy groups -OCH3 is 2. The molecule has 2 saturated heterocycles. The zero-order valence-electron chi connectivity index (χ0n) is 51.5. The van der Waals surface area contributed by atoms with E-state index < -0.39 is 42.0 Å². The summed E-state index contributed by atoms with van der Waals surface area (Å²) >= 11 is 1.42. The Morgan fingerprint density at radius 1 is 0.817 bits per heavy atom. The molecular weight excluding hydrogens is 1070 g/mol. The summed E-state index contributed by atoms with van der Waals surface area (Å²) in [4.78, 5) is 120. The number of nitrogens with zero attached hydrogens (tertiary/aromatic N) is 4. The van der Waals surface area contributed by atoms with Gasteiger partial charge in [0, 0.05) is 90.7 Å². The second-order valence-corrected chi connectivity index (χ2v) is 24.1. The number of hydrogen-bond acceptors (Lipinski definition) is 14. The van der Waals surface area contributed by atoms with E-state index in [1.165, 1.54) is 30.7 Å². The van der Waals surface area contributed by atoms with Crippen molar-refractivity contribution < 1.29 is 62.5 Å². The van der Waals surface area contributed by atoms with E-state index in [4.69, 9.17) is 14.2 Å². The van der Waals surface area contributed by atoms with E-state index in [0.717, 1.165) is 48.9 Å². The minimum Gasteiger partial charge on any atom is -0.481 e. The fourth-order valence-corrected chi connectivity index (χ4v) is 11.4. The van der Waals surface area contributed by atoms with Crippen molar-refractivity contribution >= 4 is 70.5 Å². The first-order chi connectivity index (χ1) is 38.8. The third-order valence-corrected chi connectivity index (χ3v) is 17.5. The molecule has 2 fully saturated rings. The predicted molar refractivity (Wildman–Crippen MR) is 320 cm³/mol. The van der Waals surface area contributed by atoms with Gasteiger partial charge in [-0.2, -0.15) is 11.8 Å². The summed E-state index contributed by atoms with van der Waals surface area (Å²) < 4.78 is 17.2. The van der Waals surface area contributed by atoms with Gasteiger partial charge in [-0.05, 0) is 93.2 Å². The molecule has 0 radical (unpaired) electrons. The van der Waals surface area contributed by atoms with Crippen LogP contribution in [-0.4, -0.2) is 168 Å². The molecule has 0 aliphatic carbocycles. The van der Waals surface area contributed by atoms with Crippen LogP contribution in [0.4, 0.5) is 10.5 Å². The molecular formula is C63H97N5O13S. The largest absolute Gasteiger partial charge is 0.481 e. The summed E-state index contributed by atoms with van der Waals surface area (Å²) in [5, 5.41) is 12.8. The molecule has 0 saturated carbocycles. The van der Waals surface area contributed by atoms with Gasteiger partial charge in [-0.1, -0.05) is 104 Å². The summed E-state index contributed by atoms with van der Waals surface area (Å²) in [6.45, 7) is 18.7. The van der Waals surface area contributed by atoms with Gasteiger partial charge in [-0.15, -0.1) is 0 Å². The molecule has 82 heavy (non-hydrogen) atoms. The number of imide groups is 1. The molecule has 0 spiro atoms. The second kappa shape index (κ2) is 35.5. The minimum absolute atomic E-state index is 0.0173. The zero-order chi connectivity index (χ0) is 61.4. The van der Waals surface area contributed by atoms with Crippen LogP contribution >= 0.6 is 11.8 Å². The number of carboxylic acids is 1. The predicted octanol–water partition coefficient (Wildman–Crippen LogP) is 9.39. The first kappa shape index (κ1) is 70.6. The number of thioether (sulfide) groups is 1. The Labute approximate surface area is 492 Å². The molecule has 0 aromatic heterocycles. The number of carbonyl (C=O) groups is 9. The molecule has 10 atom stereocenters. The van der Waals surface area contributed by atoms with E-state index in [1.807, 2.05) is 95.5 Å². The highest BCUT2D eigenvalue weighted by Crippen LogP contribution is 2.32. The van der Waals surface area contributed by atoms with Crippen LogP contribution in [0.5, 0.6) is 0 Å². The Morgan fingerprint density at radius 3 is 2.02 bits per heavy atom. The Morgan fingerprint density at radius 2 is 1.48 bits per heavy atom. The number of Topliss-reactive ketones (excluding diaryl/α,β-unsaturated/α-hetero) is 3. The number of benzene rings is 2. The summed E-state index contributed by atoms with van der Waals surface area (Å²) in [7, 11) is 6.56. The van der Waals surface area contributed by atoms with Crippen LogP contribution in [0.25, 0.3) is 0 Å². The third-order valence-electron chi connectivity index (χ3n) is 16.6. The molecule has 2 aliphatic heterocycles. The first-order valence-corrected chi connectivity index (χ1v) is 30.6. The average molecular weight is 1160 g/mol. The van der Waals surface area contributed by atoms with Crippen LogP contribution in [0.3, 0.4) is 0 Å². The van der Waals surface area contributed by atoms with Crippen LogP contribution in [0, 0.1) is 35.5 Å². The number of anilines is 1. The quantitative estimate of drug-likeness (QED) is 0.0492. The fraction of sp³-hybridized carbons (Fsp3) is 0.667. The lowest BCUT2D eigenvalue weighted by atomic mass is 9.85. The highest BCUT2D eigenvalue weighted by molar-refractivity contribution is 8.00. The number of carboxylic acid groups (broad SMARTS) is 1. The highest BCUT2D eigenvalue weighted by atomic mass is 32.2. The van der Waals surface area contributed by atoms with Gasteiger partial charge >= 0.3 is 12.1 Å². The Hall–Kier alpha value is -5.66. The molecule has 5 amide bonds. The molecule has 18 nitrogen and oxygen atoms in total. The molecule has 1 unspecified atom stereocenters. The number of rotatable bonds is 34. The number of ketones is 3. The average Bonchev–Trinajstić information content (AvgIpc) is 4.14. The molecule has 19 heteroatoms. The smallest absolute Gasteiger partial charge is 0.410 e. The van der Waals surface area contributed by atoms with Crippen LogP contribution in [0.2, 0.25) is 0 Å². The van der Waals surface area contributed by atoms with Crippen molar-refractivity contribution in [3.05, 3.63) is 65.7 Å². The van der Waals surface area contributed by atoms with Crippen molar-refractivity contribution in [2.24, 2.45) is 35.5 Å². The summed E-state index contributed by atoms with van der Waals surface area (Å²) in [6, 6.07) is 16.1. The number of ether oxygens (including phenoxy) is 3. The van der Waals surface area contributed by atoms with E-state index in [-0.39, 0.29) is 115 Å². The number of aliphatic carboxylic acids is 1. The standard InChI is InChI=1S/C37H58N2O8.C26H39N3O5S/c1-10-24(4)34(38(7)36(43)29(23(2)3)19-25(5)40)32(46-8)22-33(42)39-18-14-17-30(39)35(47-9)26(6)31(41)21-28(37(44)45)20-27-15-12-11-13-16-27;1-18(2)19(3)28(4)26(33)34-17-20-10-12-21(13-11-20)27-16-22(30)9-7-6-8-14-29-24(31)15-23(35-5)25(29)32/h11-13,15-16,23-24,26,28-30,32,34-35H,10,14,17-22H2,1-9H3,(H,44,45);10-13,18-19,23,27H,6-9,14-17H2,1-5H3/t24-,26-,28+,29-,30-,32+,34-,35+;19-,23?/m01/s1. The molecule has 4 rings (SSSR count). The maximum atomic E-state index is 14.0. The van der Waals surface area contributed by atoms with Crippen molar-refractivity contribution in [2.75, 3.05) is 59.5 Å². The molecule has 458 valence electrons. The van der Waals surface area contributed by atoms with Crippen LogP contribution in [-0.2, 0) is 65.6 Å². The number of carbonyl (C=O) groups excluding carboxylic acids is 8. The Balaban J connectivity index is 0.000000449. The fourth-order valence-electron chi connectivity index (χ4n) is 10.8. The second-order valence-electron chi connectivity index (χ2n) is 23.1. The van der Waals surface area contributed by atoms with E-state index >= 15 is 0 Å². The number of nitrogens with one attached hydrogen (secondary N) is 1. The Kier molecular flexibility index (Phi) is 30.5. The minimum atomic E-state index is -1.02. The SMILES string of the molecule is CC[C@H](C)[C@@H]([C@@H](CC(=O)N1CCC[C@H]1[C@H](OC)[C@@H](C)C(=O)C[C@@H](Cc1ccccc1)C(=O)O)OC)N(C)C(=O)[C@@H](CC(C)=O)C(C)C.CSC1CC(=O)N(CCCCCC(=O)CNc2ccc(COC(=O)N(C)[C@H](C)C(C)C)cc2)C1=O. The summed E-state index contributed by atoms with van der Waals surface area (Å²) in [5.41, 5.74) is 2.55. The number of likely N-dealkylation sites (tertiary alicyclic amines) is 2. The van der Waals surface area contributed by atoms with Crippen molar-refractivity contribution in [3.8, 4) is 0 Å². The summed E-state index contributed by atoms with van der Waals surface area (Å²) in [5.74, 6) is -3.23. The van der Waals surface area contributed by atoms with Gasteiger partial charge in [0.05, 0.1) is 48.4 Å². The van der Waals surface area contributed by atoms with Crippen LogP contribution in [0.15, 0.2) is 54.6 Å². The van der Waals surface area contributed by atoms with Crippen molar-refractivity contribution in [1.29, 1.82) is 0 Å². The van der Waals surface area contributed by atoms with E-state index in [0.29, 0.717) is 38.3 Å². The van der Waals surface area contributed by atoms with Gasteiger partial charge in [-0.3, -0.25) is 38.5 Å². The van der Waals surface area contributed by atoms with Crippen molar-refractivity contribution in [1.82, 2.24) is 19.6 Å². The molecule has 2 aliphatic rings. The van der Waals surface area contributed by atoms with Crippen molar-refractivity contribution in [3.63, 3.8) is 0 Å². The van der Waals surface area contributed by atoms with Gasteiger partial charge in [-0.25, -0.2) is 4.79 Å². The topological polar surface area (TPSA) is 227 Å². The molecule has 0 bridgehead atoms. The van der Waals surface area contributed by atoms with Crippen LogP contribution in [0.1, 0.15) is 144 Å². The number of unbranched alkanes of at least 4 members (excludes halogenated alkanes) is 2. The van der Waals surface area contributed by atoms with E-state index in [1.54, 1.807) is 42.8 Å². The number of hydrogen-bond donors (Lipinski definition) is 2. The number of likely N-dealkylation sites (N-methyl/N-ethyl adjacent to an activating group) is 1. The normalized spacial score (nSPS) is 18.1. The lowest BCUT2D eigenvalue weighted by Gasteiger charge is -2.40. The molecule has 2 heterocycles. The van der Waals surface area contributed by atoms with Gasteiger partial charge < -0.3 is 44.1 Å². The zero-order valence-corrected chi connectivity index (χ0v) is 52.3. The van der Waals surface area contributed by atoms with Crippen molar-refractivity contribution in [2.45, 2.75) is 182 Å². The summed E-state index contributed by atoms with van der Waals surface area (Å²) in [6.07, 6.45) is 5.79. The van der Waals surface area contributed by atoms with Gasteiger partial charge in [0.1, 0.15) is 18.2 Å². The highest BCUT2D eigenvalue weighted by Gasteiger charge is 2.43. The van der Waals surface area contributed by atoms with Crippen LogP contribution < -0.4 is 5.32 Å². The first-order valence-electron chi connectivity index (χ1n) is 29.3. The third kappa shape index (κ3) is 21.5. The van der Waals surface area contributed by atoms with Gasteiger partial charge in [0.15, 0.2) is 5.78 Å². The number of amides is 5. The molecule has 2 aromatic carbocycles. The lowest BCUT2D eigenvalue weighted by Crippen LogP contribution is -2.54.